The standard InChI is InChI=1S/C19H19N3O7/c1-21(10-18(24)20-14-4-3-5-16(9-14)28-2)19(25)12-29-17-7-6-15(22(26)27)8-13(17)11-23/h3-9,11H,10,12H2,1-2H3,(H,20,24). The lowest BCUT2D eigenvalue weighted by molar-refractivity contribution is -0.384. The first-order valence-corrected chi connectivity index (χ1v) is 8.38. The lowest BCUT2D eigenvalue weighted by Crippen LogP contribution is -2.37. The van der Waals surface area contributed by atoms with E-state index < -0.39 is 23.3 Å². The van der Waals surface area contributed by atoms with Crippen LogP contribution in [0.5, 0.6) is 11.5 Å². The Morgan fingerprint density at radius 1 is 1.24 bits per heavy atom. The predicted octanol–water partition coefficient (Wildman–Crippen LogP) is 1.89. The molecule has 0 radical (unpaired) electrons. The van der Waals surface area contributed by atoms with Gasteiger partial charge in [0.2, 0.25) is 5.91 Å². The van der Waals surface area contributed by atoms with E-state index in [4.69, 9.17) is 9.47 Å². The average Bonchev–Trinajstić information content (AvgIpc) is 2.71. The largest absolute Gasteiger partial charge is 0.497 e. The predicted molar refractivity (Wildman–Crippen MR) is 103 cm³/mol. The number of amides is 2. The molecule has 10 nitrogen and oxygen atoms in total. The molecule has 0 saturated carbocycles. The van der Waals surface area contributed by atoms with E-state index in [-0.39, 0.29) is 23.5 Å². The molecule has 0 atom stereocenters. The van der Waals surface area contributed by atoms with E-state index in [1.807, 2.05) is 0 Å². The lowest BCUT2D eigenvalue weighted by atomic mass is 10.2. The van der Waals surface area contributed by atoms with Crippen LogP contribution in [-0.4, -0.2) is 55.2 Å². The molecule has 2 amide bonds. The van der Waals surface area contributed by atoms with Crippen LogP contribution in [0.3, 0.4) is 0 Å². The van der Waals surface area contributed by atoms with E-state index in [2.05, 4.69) is 5.32 Å². The van der Waals surface area contributed by atoms with Crippen molar-refractivity contribution in [1.82, 2.24) is 4.90 Å². The molecule has 0 saturated heterocycles. The van der Waals surface area contributed by atoms with Crippen LogP contribution in [0, 0.1) is 10.1 Å². The van der Waals surface area contributed by atoms with Crippen molar-refractivity contribution in [3.05, 3.63) is 58.1 Å². The average molecular weight is 401 g/mol. The van der Waals surface area contributed by atoms with Gasteiger partial charge in [-0.05, 0) is 18.2 Å². The molecule has 0 bridgehead atoms. The highest BCUT2D eigenvalue weighted by atomic mass is 16.6. The zero-order valence-corrected chi connectivity index (χ0v) is 15.8. The molecule has 2 rings (SSSR count). The molecule has 0 aliphatic rings. The van der Waals surface area contributed by atoms with Gasteiger partial charge >= 0.3 is 0 Å². The fraction of sp³-hybridized carbons (Fsp3) is 0.211. The van der Waals surface area contributed by atoms with Crippen LogP contribution in [-0.2, 0) is 9.59 Å². The summed E-state index contributed by atoms with van der Waals surface area (Å²) in [6, 6.07) is 10.2. The van der Waals surface area contributed by atoms with Gasteiger partial charge in [-0.2, -0.15) is 0 Å². The number of rotatable bonds is 9. The van der Waals surface area contributed by atoms with E-state index in [0.29, 0.717) is 17.7 Å². The number of nitro benzene ring substituents is 1. The van der Waals surface area contributed by atoms with Crippen molar-refractivity contribution in [2.45, 2.75) is 0 Å². The molecule has 0 aliphatic carbocycles. The minimum Gasteiger partial charge on any atom is -0.497 e. The Morgan fingerprint density at radius 3 is 2.66 bits per heavy atom. The number of ether oxygens (including phenoxy) is 2. The first-order valence-electron chi connectivity index (χ1n) is 8.38. The quantitative estimate of drug-likeness (QED) is 0.386. The monoisotopic (exact) mass is 401 g/mol. The Labute approximate surface area is 166 Å². The van der Waals surface area contributed by atoms with Crippen LogP contribution in [0.25, 0.3) is 0 Å². The molecule has 0 spiro atoms. The summed E-state index contributed by atoms with van der Waals surface area (Å²) in [5.74, 6) is -0.318. The zero-order chi connectivity index (χ0) is 21.4. The SMILES string of the molecule is COc1cccc(NC(=O)CN(C)C(=O)COc2ccc([N+](=O)[O-])cc2C=O)c1. The van der Waals surface area contributed by atoms with Crippen LogP contribution in [0.4, 0.5) is 11.4 Å². The topological polar surface area (TPSA) is 128 Å². The molecule has 0 aromatic heterocycles. The first-order chi connectivity index (χ1) is 13.8. The fourth-order valence-corrected chi connectivity index (χ4v) is 2.33. The molecule has 0 heterocycles. The number of likely N-dealkylation sites (N-methyl/N-ethyl adjacent to an activating group) is 1. The summed E-state index contributed by atoms with van der Waals surface area (Å²) in [6.45, 7) is -0.665. The Hall–Kier alpha value is -3.95. The summed E-state index contributed by atoms with van der Waals surface area (Å²) in [5, 5.41) is 13.4. The minimum absolute atomic E-state index is 0.0354. The van der Waals surface area contributed by atoms with Crippen molar-refractivity contribution in [2.75, 3.05) is 32.6 Å². The first kappa shape index (κ1) is 21.4. The maximum atomic E-state index is 12.2. The number of carbonyl (C=O) groups excluding carboxylic acids is 3. The summed E-state index contributed by atoms with van der Waals surface area (Å²) < 4.78 is 10.4. The van der Waals surface area contributed by atoms with Gasteiger partial charge in [0.05, 0.1) is 24.1 Å². The minimum atomic E-state index is -0.642. The maximum Gasteiger partial charge on any atom is 0.270 e. The van der Waals surface area contributed by atoms with Crippen LogP contribution in [0.2, 0.25) is 0 Å². The van der Waals surface area contributed by atoms with Gasteiger partial charge in [-0.1, -0.05) is 6.07 Å². The highest BCUT2D eigenvalue weighted by molar-refractivity contribution is 5.94. The second-order valence-corrected chi connectivity index (χ2v) is 5.92. The van der Waals surface area contributed by atoms with Crippen molar-refractivity contribution in [1.29, 1.82) is 0 Å². The third-order valence-electron chi connectivity index (χ3n) is 3.84. The molecule has 0 aliphatic heterocycles. The van der Waals surface area contributed by atoms with E-state index in [1.54, 1.807) is 24.3 Å². The number of methoxy groups -OCH3 is 1. The second kappa shape index (κ2) is 9.83. The van der Waals surface area contributed by atoms with Gasteiger partial charge in [0.15, 0.2) is 12.9 Å². The van der Waals surface area contributed by atoms with Gasteiger partial charge in [-0.15, -0.1) is 0 Å². The summed E-state index contributed by atoms with van der Waals surface area (Å²) in [6.07, 6.45) is 0.401. The number of hydrogen-bond acceptors (Lipinski definition) is 7. The van der Waals surface area contributed by atoms with Crippen LogP contribution < -0.4 is 14.8 Å². The maximum absolute atomic E-state index is 12.2. The fourth-order valence-electron chi connectivity index (χ4n) is 2.33. The molecule has 152 valence electrons. The highest BCUT2D eigenvalue weighted by Crippen LogP contribution is 2.22. The smallest absolute Gasteiger partial charge is 0.270 e. The lowest BCUT2D eigenvalue weighted by Gasteiger charge is -2.17. The number of hydrogen-bond donors (Lipinski definition) is 1. The van der Waals surface area contributed by atoms with E-state index >= 15 is 0 Å². The third kappa shape index (κ3) is 6.03. The summed E-state index contributed by atoms with van der Waals surface area (Å²) in [7, 11) is 2.93. The number of nitro groups is 1. The Kier molecular flexibility index (Phi) is 7.24. The van der Waals surface area contributed by atoms with Crippen LogP contribution in [0.1, 0.15) is 10.4 Å². The number of non-ortho nitro benzene ring substituents is 1. The third-order valence-corrected chi connectivity index (χ3v) is 3.84. The van der Waals surface area contributed by atoms with Crippen LogP contribution >= 0.6 is 0 Å². The van der Waals surface area contributed by atoms with Gasteiger partial charge in [-0.25, -0.2) is 0 Å². The Bertz CT molecular complexity index is 930. The van der Waals surface area contributed by atoms with Crippen LogP contribution in [0.15, 0.2) is 42.5 Å². The van der Waals surface area contributed by atoms with E-state index in [0.717, 1.165) is 17.0 Å². The van der Waals surface area contributed by atoms with Gasteiger partial charge < -0.3 is 19.7 Å². The number of aldehydes is 1. The van der Waals surface area contributed by atoms with Crippen molar-refractivity contribution in [3.63, 3.8) is 0 Å². The Balaban J connectivity index is 1.91. The highest BCUT2D eigenvalue weighted by Gasteiger charge is 2.16. The molecular formula is C19H19N3O7. The molecule has 10 heteroatoms. The summed E-state index contributed by atoms with van der Waals surface area (Å²) in [4.78, 5) is 46.6. The number of anilines is 1. The van der Waals surface area contributed by atoms with Gasteiger partial charge in [0.25, 0.3) is 11.6 Å². The Morgan fingerprint density at radius 2 is 2.00 bits per heavy atom. The second-order valence-electron chi connectivity index (χ2n) is 5.92. The number of carbonyl (C=O) groups is 3. The molecule has 0 unspecified atom stereocenters. The van der Waals surface area contributed by atoms with Crippen molar-refractivity contribution in [3.8, 4) is 11.5 Å². The zero-order valence-electron chi connectivity index (χ0n) is 15.8. The van der Waals surface area contributed by atoms with Crippen molar-refractivity contribution < 1.29 is 28.8 Å². The number of nitrogens with one attached hydrogen (secondary N) is 1. The molecular weight excluding hydrogens is 382 g/mol. The number of benzene rings is 2. The summed E-state index contributed by atoms with van der Waals surface area (Å²) in [5.41, 5.74) is 0.204. The normalized spacial score (nSPS) is 10.0. The van der Waals surface area contributed by atoms with Crippen molar-refractivity contribution in [2.24, 2.45) is 0 Å². The van der Waals surface area contributed by atoms with E-state index in [1.165, 1.54) is 20.2 Å². The van der Waals surface area contributed by atoms with Crippen molar-refractivity contribution >= 4 is 29.5 Å². The van der Waals surface area contributed by atoms with Gasteiger partial charge in [0.1, 0.15) is 11.5 Å². The molecule has 2 aromatic rings. The molecule has 2 aromatic carbocycles. The van der Waals surface area contributed by atoms with Gasteiger partial charge in [0, 0.05) is 30.9 Å². The number of nitrogens with zero attached hydrogens (tertiary/aromatic N) is 2. The molecule has 0 fully saturated rings. The molecule has 1 N–H and O–H groups in total. The summed E-state index contributed by atoms with van der Waals surface area (Å²) >= 11 is 0. The molecule has 29 heavy (non-hydrogen) atoms. The van der Waals surface area contributed by atoms with Gasteiger partial charge in [-0.3, -0.25) is 24.5 Å². The van der Waals surface area contributed by atoms with E-state index in [9.17, 15) is 24.5 Å².